The first-order valence-electron chi connectivity index (χ1n) is 22.3. The number of pyridine rings is 1. The first kappa shape index (κ1) is 45.7. The van der Waals surface area contributed by atoms with Gasteiger partial charge in [0, 0.05) is 48.7 Å². The van der Waals surface area contributed by atoms with Gasteiger partial charge in [-0.25, -0.2) is 0 Å². The quantitative estimate of drug-likeness (QED) is 0.156. The van der Waals surface area contributed by atoms with Crippen molar-refractivity contribution in [3.8, 4) is 23.0 Å². The summed E-state index contributed by atoms with van der Waals surface area (Å²) in [6.07, 6.45) is 8.58. The number of benzene rings is 4. The van der Waals surface area contributed by atoms with Crippen molar-refractivity contribution in [2.75, 3.05) is 28.4 Å². The maximum atomic E-state index is 6.67. The molecule has 5 aromatic rings. The maximum absolute atomic E-state index is 6.67. The van der Waals surface area contributed by atoms with Crippen LogP contribution in [0.3, 0.4) is 0 Å². The second kappa shape index (κ2) is 17.5. The zero-order valence-corrected chi connectivity index (χ0v) is 40.3. The van der Waals surface area contributed by atoms with E-state index >= 15 is 0 Å². The SMILES string of the molecule is COc1c2cc(C(C)(C)C)cc1Cc1cc(C(C)(C)C)cc(c1OC)C(CCCc1cccnc1)c1cc(C(C)(C)C)cc(c1OC)Cc1cc(C(C)(C)C)cc(c1OC)C2. The van der Waals surface area contributed by atoms with Crippen molar-refractivity contribution in [1.29, 1.82) is 0 Å². The Morgan fingerprint density at radius 2 is 0.803 bits per heavy atom. The molecule has 5 heteroatoms. The number of aryl methyl sites for hydroxylation is 1. The molecular formula is C56H73NO4. The van der Waals surface area contributed by atoms with E-state index in [1.54, 1.807) is 0 Å². The Kier molecular flexibility index (Phi) is 13.2. The fourth-order valence-corrected chi connectivity index (χ4v) is 9.15. The summed E-state index contributed by atoms with van der Waals surface area (Å²) in [5, 5.41) is 0. The molecule has 0 spiro atoms. The lowest BCUT2D eigenvalue weighted by molar-refractivity contribution is 0.389. The third-order valence-electron chi connectivity index (χ3n) is 12.7. The molecule has 1 aliphatic carbocycles. The zero-order chi connectivity index (χ0) is 44.7. The largest absolute Gasteiger partial charge is 0.496 e. The molecule has 8 bridgehead atoms. The van der Waals surface area contributed by atoms with Crippen molar-refractivity contribution in [3.05, 3.63) is 145 Å². The Balaban J connectivity index is 1.78. The molecule has 1 aliphatic rings. The van der Waals surface area contributed by atoms with Gasteiger partial charge in [0.25, 0.3) is 0 Å². The summed E-state index contributed by atoms with van der Waals surface area (Å²) in [5.41, 5.74) is 15.3. The van der Waals surface area contributed by atoms with Crippen LogP contribution in [0.4, 0.5) is 0 Å². The fraction of sp³-hybridized carbons (Fsp3) is 0.482. The van der Waals surface area contributed by atoms with E-state index in [1.807, 2.05) is 46.9 Å². The van der Waals surface area contributed by atoms with Crippen LogP contribution >= 0.6 is 0 Å². The van der Waals surface area contributed by atoms with Crippen LogP contribution in [-0.4, -0.2) is 33.4 Å². The van der Waals surface area contributed by atoms with Crippen LogP contribution in [0.15, 0.2) is 73.1 Å². The van der Waals surface area contributed by atoms with Crippen molar-refractivity contribution in [1.82, 2.24) is 4.98 Å². The first-order chi connectivity index (χ1) is 28.6. The van der Waals surface area contributed by atoms with E-state index in [4.69, 9.17) is 18.9 Å². The summed E-state index contributed by atoms with van der Waals surface area (Å²) >= 11 is 0. The molecule has 0 atom stereocenters. The summed E-state index contributed by atoms with van der Waals surface area (Å²) in [7, 11) is 7.34. The predicted molar refractivity (Wildman–Crippen MR) is 254 cm³/mol. The molecule has 0 amide bonds. The smallest absolute Gasteiger partial charge is 0.126 e. The van der Waals surface area contributed by atoms with Gasteiger partial charge in [0.05, 0.1) is 28.4 Å². The number of methoxy groups -OCH3 is 4. The van der Waals surface area contributed by atoms with Gasteiger partial charge in [-0.2, -0.15) is 0 Å². The number of rotatable bonds is 8. The van der Waals surface area contributed by atoms with Gasteiger partial charge < -0.3 is 18.9 Å². The topological polar surface area (TPSA) is 49.8 Å². The highest BCUT2D eigenvalue weighted by Crippen LogP contribution is 2.48. The van der Waals surface area contributed by atoms with Gasteiger partial charge in [-0.3, -0.25) is 4.98 Å². The average molecular weight is 824 g/mol. The molecule has 61 heavy (non-hydrogen) atoms. The first-order valence-corrected chi connectivity index (χ1v) is 22.3. The van der Waals surface area contributed by atoms with Crippen molar-refractivity contribution in [2.45, 2.75) is 149 Å². The molecule has 1 heterocycles. The van der Waals surface area contributed by atoms with Gasteiger partial charge in [-0.1, -0.05) is 138 Å². The van der Waals surface area contributed by atoms with E-state index in [2.05, 4.69) is 143 Å². The zero-order valence-electron chi connectivity index (χ0n) is 40.3. The van der Waals surface area contributed by atoms with E-state index < -0.39 is 0 Å². The van der Waals surface area contributed by atoms with Crippen molar-refractivity contribution >= 4 is 0 Å². The number of hydrogen-bond donors (Lipinski definition) is 0. The second-order valence-corrected chi connectivity index (χ2v) is 21.5. The highest BCUT2D eigenvalue weighted by Gasteiger charge is 2.32. The van der Waals surface area contributed by atoms with Gasteiger partial charge >= 0.3 is 0 Å². The normalized spacial score (nSPS) is 13.8. The van der Waals surface area contributed by atoms with Gasteiger partial charge in [-0.05, 0) is 108 Å². The molecule has 0 saturated heterocycles. The molecule has 0 fully saturated rings. The van der Waals surface area contributed by atoms with E-state index in [0.29, 0.717) is 19.3 Å². The van der Waals surface area contributed by atoms with Crippen LogP contribution in [0.25, 0.3) is 0 Å². The summed E-state index contributed by atoms with van der Waals surface area (Å²) < 4.78 is 26.3. The summed E-state index contributed by atoms with van der Waals surface area (Å²) in [6, 6.07) is 23.3. The highest BCUT2D eigenvalue weighted by molar-refractivity contribution is 5.61. The van der Waals surface area contributed by atoms with Crippen LogP contribution in [-0.2, 0) is 47.3 Å². The van der Waals surface area contributed by atoms with E-state index in [9.17, 15) is 0 Å². The molecular weight excluding hydrogens is 751 g/mol. The van der Waals surface area contributed by atoms with Crippen molar-refractivity contribution in [3.63, 3.8) is 0 Å². The lowest BCUT2D eigenvalue weighted by Crippen LogP contribution is -2.18. The molecule has 6 rings (SSSR count). The molecule has 0 radical (unpaired) electrons. The third kappa shape index (κ3) is 9.98. The molecule has 4 aromatic carbocycles. The highest BCUT2D eigenvalue weighted by atomic mass is 16.5. The Morgan fingerprint density at radius 1 is 0.475 bits per heavy atom. The van der Waals surface area contributed by atoms with Crippen molar-refractivity contribution < 1.29 is 18.9 Å². The fourth-order valence-electron chi connectivity index (χ4n) is 9.15. The minimum absolute atomic E-state index is 0.0340. The summed E-state index contributed by atoms with van der Waals surface area (Å²) in [4.78, 5) is 4.45. The van der Waals surface area contributed by atoms with Crippen LogP contribution in [0.2, 0.25) is 0 Å². The molecule has 0 saturated carbocycles. The lowest BCUT2D eigenvalue weighted by Gasteiger charge is -2.31. The Labute approximate surface area is 368 Å². The molecule has 326 valence electrons. The third-order valence-corrected chi connectivity index (χ3v) is 12.7. The molecule has 1 aromatic heterocycles. The van der Waals surface area contributed by atoms with Crippen LogP contribution < -0.4 is 18.9 Å². The Bertz CT molecular complexity index is 2200. The van der Waals surface area contributed by atoms with E-state index in [1.165, 1.54) is 38.9 Å². The Morgan fingerprint density at radius 3 is 1.10 bits per heavy atom. The number of nitrogens with zero attached hydrogens (tertiary/aromatic N) is 1. The minimum atomic E-state index is -0.119. The van der Waals surface area contributed by atoms with Crippen LogP contribution in [0, 0.1) is 0 Å². The molecule has 0 aliphatic heterocycles. The monoisotopic (exact) mass is 824 g/mol. The molecule has 5 nitrogen and oxygen atoms in total. The average Bonchev–Trinajstić information content (AvgIpc) is 3.17. The number of aromatic nitrogens is 1. The van der Waals surface area contributed by atoms with E-state index in [-0.39, 0.29) is 27.6 Å². The molecule has 0 unspecified atom stereocenters. The predicted octanol–water partition coefficient (Wildman–Crippen LogP) is 13.5. The summed E-state index contributed by atoms with van der Waals surface area (Å²) in [6.45, 7) is 27.7. The number of hydrogen-bond acceptors (Lipinski definition) is 5. The minimum Gasteiger partial charge on any atom is -0.496 e. The van der Waals surface area contributed by atoms with Gasteiger partial charge in [0.1, 0.15) is 23.0 Å². The second-order valence-electron chi connectivity index (χ2n) is 21.5. The van der Waals surface area contributed by atoms with E-state index in [0.717, 1.165) is 75.6 Å². The molecule has 0 N–H and O–H groups in total. The standard InChI is InChI=1S/C56H73NO4/c1-53(2,3)42-26-36-23-37-27-43(54(4,5)6)29-39(50(37)59-14)25-41-31-45(56(10,11)12)33-48(52(41)61-16)46(21-17-19-35-20-18-22-57-34-35)47-32-44(55(7,8)9)30-40(51(47)60-15)24-38(28-42)49(36)58-13/h18,20,22,26-34,46H,17,19,21,23-25H2,1-16H3. The van der Waals surface area contributed by atoms with Gasteiger partial charge in [-0.15, -0.1) is 0 Å². The van der Waals surface area contributed by atoms with Crippen LogP contribution in [0.1, 0.15) is 174 Å². The maximum Gasteiger partial charge on any atom is 0.126 e. The summed E-state index contributed by atoms with van der Waals surface area (Å²) in [5.74, 6) is 3.67. The number of fused-ring (bicyclic) bond motifs is 8. The lowest BCUT2D eigenvalue weighted by atomic mass is 9.75. The van der Waals surface area contributed by atoms with Gasteiger partial charge in [0.15, 0.2) is 0 Å². The van der Waals surface area contributed by atoms with Crippen molar-refractivity contribution in [2.24, 2.45) is 0 Å². The van der Waals surface area contributed by atoms with Crippen LogP contribution in [0.5, 0.6) is 23.0 Å². The number of ether oxygens (including phenoxy) is 4. The Hall–Kier alpha value is -4.77. The van der Waals surface area contributed by atoms with Gasteiger partial charge in [0.2, 0.25) is 0 Å².